The van der Waals surface area contributed by atoms with E-state index in [0.29, 0.717) is 0 Å². The highest BCUT2D eigenvalue weighted by Gasteiger charge is 2.36. The molecule has 13 heavy (non-hydrogen) atoms. The number of hydrogen-bond donors (Lipinski definition) is 1. The van der Waals surface area contributed by atoms with Crippen LogP contribution in [0.1, 0.15) is 25.7 Å². The molecule has 0 amide bonds. The van der Waals surface area contributed by atoms with Gasteiger partial charge in [0.1, 0.15) is 5.60 Å². The summed E-state index contributed by atoms with van der Waals surface area (Å²) in [5, 5.41) is 15.3. The zero-order valence-electron chi connectivity index (χ0n) is 7.62. The predicted octanol–water partition coefficient (Wildman–Crippen LogP) is 2.29. The summed E-state index contributed by atoms with van der Waals surface area (Å²) in [6, 6.07) is 0. The Morgan fingerprint density at radius 1 is 1.15 bits per heavy atom. The molecule has 0 bridgehead atoms. The smallest absolute Gasteiger partial charge is 0.143 e. The van der Waals surface area contributed by atoms with Gasteiger partial charge in [-0.1, -0.05) is 12.2 Å². The highest BCUT2D eigenvalue weighted by atomic mass is 16.3. The molecular weight excluding hydrogens is 162 g/mol. The van der Waals surface area contributed by atoms with Crippen molar-refractivity contribution in [1.82, 2.24) is 5.32 Å². The van der Waals surface area contributed by atoms with Crippen LogP contribution in [0.2, 0.25) is 0 Å². The van der Waals surface area contributed by atoms with E-state index in [2.05, 4.69) is 5.32 Å². The first kappa shape index (κ1) is 8.57. The van der Waals surface area contributed by atoms with E-state index >= 15 is 0 Å². The second-order valence-corrected chi connectivity index (χ2v) is 3.67. The molecule has 0 saturated heterocycles. The van der Waals surface area contributed by atoms with E-state index in [9.17, 15) is 5.11 Å². The summed E-state index contributed by atoms with van der Waals surface area (Å²) in [5.41, 5.74) is -0.0195. The molecule has 1 heterocycles. The first-order chi connectivity index (χ1) is 6.31. The minimum atomic E-state index is -0.848. The summed E-state index contributed by atoms with van der Waals surface area (Å²) >= 11 is 0. The quantitative estimate of drug-likeness (QED) is 0.653. The Labute approximate surface area is 78.7 Å². The van der Waals surface area contributed by atoms with Crippen LogP contribution >= 0.6 is 0 Å². The van der Waals surface area contributed by atoms with Crippen LogP contribution < -0.4 is 5.32 Å². The molecule has 2 nitrogen and oxygen atoms in total. The molecule has 1 fully saturated rings. The molecule has 0 spiro atoms. The topological polar surface area (TPSA) is 31.9 Å². The van der Waals surface area contributed by atoms with Gasteiger partial charge < -0.3 is 5.32 Å². The van der Waals surface area contributed by atoms with Crippen LogP contribution in [0, 0.1) is 0 Å². The van der Waals surface area contributed by atoms with Crippen LogP contribution in [0.15, 0.2) is 36.2 Å². The fourth-order valence-corrected chi connectivity index (χ4v) is 1.96. The van der Waals surface area contributed by atoms with E-state index < -0.39 is 5.60 Å². The molecule has 2 rings (SSSR count). The highest BCUT2D eigenvalue weighted by molar-refractivity contribution is 5.27. The summed E-state index contributed by atoms with van der Waals surface area (Å²) in [4.78, 5) is 0. The lowest BCUT2D eigenvalue weighted by Gasteiger charge is -2.22. The molecule has 0 aromatic heterocycles. The Balaban J connectivity index is 2.19. The lowest BCUT2D eigenvalue weighted by Crippen LogP contribution is -2.31. The molecule has 1 aliphatic heterocycles. The summed E-state index contributed by atoms with van der Waals surface area (Å²) in [6.07, 6.45) is 13.2. The molecule has 2 heteroatoms. The standard InChI is InChI=1S/C11H14NO/c13-11(7-3-4-8-11)10-6-2-1-5-9-12-10/h1-2,5-6,9,12H,3-4,7-8H2. The van der Waals surface area contributed by atoms with Gasteiger partial charge in [-0.25, -0.2) is 5.11 Å². The van der Waals surface area contributed by atoms with Gasteiger partial charge in [0, 0.05) is 6.20 Å². The van der Waals surface area contributed by atoms with E-state index in [0.717, 1.165) is 31.4 Å². The molecule has 0 aromatic carbocycles. The predicted molar refractivity (Wildman–Crippen MR) is 51.4 cm³/mol. The van der Waals surface area contributed by atoms with Crippen LogP contribution in [0.3, 0.4) is 0 Å². The Morgan fingerprint density at radius 2 is 1.92 bits per heavy atom. The maximum absolute atomic E-state index is 12.2. The van der Waals surface area contributed by atoms with Crippen LogP contribution in [-0.2, 0) is 5.11 Å². The lowest BCUT2D eigenvalue weighted by molar-refractivity contribution is 0.00591. The van der Waals surface area contributed by atoms with Gasteiger partial charge in [0.25, 0.3) is 0 Å². The molecule has 1 radical (unpaired) electrons. The third-order valence-corrected chi connectivity index (χ3v) is 2.72. The maximum atomic E-state index is 12.2. The van der Waals surface area contributed by atoms with Crippen molar-refractivity contribution in [3.8, 4) is 0 Å². The van der Waals surface area contributed by atoms with Crippen LogP contribution in [-0.4, -0.2) is 5.60 Å². The molecule has 0 atom stereocenters. The summed E-state index contributed by atoms with van der Waals surface area (Å²) in [6.45, 7) is 0. The fraction of sp³-hybridized carbons (Fsp3) is 0.455. The van der Waals surface area contributed by atoms with E-state index in [1.165, 1.54) is 0 Å². The Kier molecular flexibility index (Phi) is 2.23. The average Bonchev–Trinajstić information content (AvgIpc) is 2.44. The van der Waals surface area contributed by atoms with Crippen LogP contribution in [0.4, 0.5) is 0 Å². The summed E-state index contributed by atoms with van der Waals surface area (Å²) < 4.78 is 0. The summed E-state index contributed by atoms with van der Waals surface area (Å²) in [7, 11) is 0. The highest BCUT2D eigenvalue weighted by Crippen LogP contribution is 2.35. The van der Waals surface area contributed by atoms with Crippen molar-refractivity contribution in [3.63, 3.8) is 0 Å². The van der Waals surface area contributed by atoms with E-state index in [1.807, 2.05) is 30.5 Å². The van der Waals surface area contributed by atoms with Gasteiger partial charge in [0.15, 0.2) is 0 Å². The Morgan fingerprint density at radius 3 is 2.69 bits per heavy atom. The second kappa shape index (κ2) is 3.38. The molecule has 0 unspecified atom stereocenters. The SMILES string of the molecule is [O]C1(C2=CC=CC=CN2)CCCC1. The van der Waals surface area contributed by atoms with Crippen molar-refractivity contribution >= 4 is 0 Å². The van der Waals surface area contributed by atoms with Crippen molar-refractivity contribution in [2.45, 2.75) is 31.3 Å². The first-order valence-electron chi connectivity index (χ1n) is 4.82. The Hall–Kier alpha value is -1.02. The van der Waals surface area contributed by atoms with E-state index in [-0.39, 0.29) is 0 Å². The van der Waals surface area contributed by atoms with Gasteiger partial charge >= 0.3 is 0 Å². The zero-order valence-corrected chi connectivity index (χ0v) is 7.62. The van der Waals surface area contributed by atoms with E-state index in [4.69, 9.17) is 0 Å². The van der Waals surface area contributed by atoms with Crippen molar-refractivity contribution < 1.29 is 5.11 Å². The van der Waals surface area contributed by atoms with Crippen molar-refractivity contribution in [2.75, 3.05) is 0 Å². The third-order valence-electron chi connectivity index (χ3n) is 2.72. The largest absolute Gasteiger partial charge is 0.363 e. The van der Waals surface area contributed by atoms with Gasteiger partial charge in [0.2, 0.25) is 0 Å². The first-order valence-corrected chi connectivity index (χ1v) is 4.82. The molecule has 1 aliphatic carbocycles. The van der Waals surface area contributed by atoms with Crippen molar-refractivity contribution in [1.29, 1.82) is 0 Å². The second-order valence-electron chi connectivity index (χ2n) is 3.67. The maximum Gasteiger partial charge on any atom is 0.143 e. The zero-order chi connectivity index (χ0) is 9.15. The van der Waals surface area contributed by atoms with Gasteiger partial charge in [0.05, 0.1) is 5.70 Å². The molecule has 2 aliphatic rings. The van der Waals surface area contributed by atoms with Gasteiger partial charge in [-0.3, -0.25) is 0 Å². The van der Waals surface area contributed by atoms with Crippen molar-refractivity contribution in [2.24, 2.45) is 0 Å². The molecule has 1 N–H and O–H groups in total. The Bertz CT molecular complexity index is 270. The molecular formula is C11H14NO. The van der Waals surface area contributed by atoms with E-state index in [1.54, 1.807) is 0 Å². The number of rotatable bonds is 1. The number of nitrogens with one attached hydrogen (secondary N) is 1. The normalized spacial score (nSPS) is 25.2. The van der Waals surface area contributed by atoms with Gasteiger partial charge in [-0.2, -0.15) is 0 Å². The minimum absolute atomic E-state index is 0.771. The summed E-state index contributed by atoms with van der Waals surface area (Å²) in [5.74, 6) is 0. The average molecular weight is 176 g/mol. The van der Waals surface area contributed by atoms with Crippen LogP contribution in [0.25, 0.3) is 0 Å². The lowest BCUT2D eigenvalue weighted by atomic mass is 9.97. The monoisotopic (exact) mass is 176 g/mol. The molecule has 0 aromatic rings. The van der Waals surface area contributed by atoms with Gasteiger partial charge in [-0.05, 0) is 37.8 Å². The third kappa shape index (κ3) is 1.68. The number of allylic oxidation sites excluding steroid dienone is 4. The minimum Gasteiger partial charge on any atom is -0.363 e. The number of hydrogen-bond acceptors (Lipinski definition) is 1. The van der Waals surface area contributed by atoms with Crippen molar-refractivity contribution in [3.05, 3.63) is 36.2 Å². The van der Waals surface area contributed by atoms with Gasteiger partial charge in [-0.15, -0.1) is 0 Å². The molecule has 1 saturated carbocycles. The fourth-order valence-electron chi connectivity index (χ4n) is 1.96. The molecule has 69 valence electrons. The van der Waals surface area contributed by atoms with Crippen LogP contribution in [0.5, 0.6) is 0 Å².